The highest BCUT2D eigenvalue weighted by molar-refractivity contribution is 7.89. The Morgan fingerprint density at radius 2 is 1.90 bits per heavy atom. The fourth-order valence-electron chi connectivity index (χ4n) is 3.30. The van der Waals surface area contributed by atoms with E-state index >= 15 is 0 Å². The first-order chi connectivity index (χ1) is 13.6. The summed E-state index contributed by atoms with van der Waals surface area (Å²) >= 11 is 0. The van der Waals surface area contributed by atoms with Crippen molar-refractivity contribution in [3.8, 4) is 0 Å². The highest BCUT2D eigenvalue weighted by Crippen LogP contribution is 2.27. The number of hydrogen-bond donors (Lipinski definition) is 2. The SMILES string of the molecule is Cc1cc(S(=O)(=O)N2CCCCC2CCNC(=O)C(=O)NCC(C)C)ccc1F. The predicted octanol–water partition coefficient (Wildman–Crippen LogP) is 1.96. The average molecular weight is 428 g/mol. The van der Waals surface area contributed by atoms with Crippen molar-refractivity contribution >= 4 is 21.8 Å². The fraction of sp³-hybridized carbons (Fsp3) is 0.600. The first kappa shape index (κ1) is 23.3. The lowest BCUT2D eigenvalue weighted by Gasteiger charge is -2.34. The van der Waals surface area contributed by atoms with E-state index in [2.05, 4.69) is 10.6 Å². The third-order valence-electron chi connectivity index (χ3n) is 4.95. The van der Waals surface area contributed by atoms with Gasteiger partial charge in [-0.15, -0.1) is 0 Å². The molecule has 1 unspecified atom stereocenters. The molecule has 9 heteroatoms. The van der Waals surface area contributed by atoms with Crippen molar-refractivity contribution in [2.45, 2.75) is 57.4 Å². The number of nitrogens with zero attached hydrogens (tertiary/aromatic N) is 1. The summed E-state index contributed by atoms with van der Waals surface area (Å²) < 4.78 is 41.1. The molecule has 1 aromatic rings. The minimum absolute atomic E-state index is 0.0698. The van der Waals surface area contributed by atoms with Gasteiger partial charge in [0.05, 0.1) is 4.90 Å². The Balaban J connectivity index is 1.99. The number of rotatable bonds is 7. The Morgan fingerprint density at radius 3 is 2.55 bits per heavy atom. The van der Waals surface area contributed by atoms with Crippen LogP contribution in [0, 0.1) is 18.7 Å². The van der Waals surface area contributed by atoms with Crippen LogP contribution in [0.25, 0.3) is 0 Å². The van der Waals surface area contributed by atoms with E-state index in [1.165, 1.54) is 23.4 Å². The van der Waals surface area contributed by atoms with E-state index < -0.39 is 27.7 Å². The quantitative estimate of drug-likeness (QED) is 0.650. The number of piperidine rings is 1. The van der Waals surface area contributed by atoms with E-state index in [9.17, 15) is 22.4 Å². The molecule has 1 saturated heterocycles. The minimum atomic E-state index is -3.76. The fourth-order valence-corrected chi connectivity index (χ4v) is 5.11. The Kier molecular flexibility index (Phi) is 8.15. The summed E-state index contributed by atoms with van der Waals surface area (Å²) in [4.78, 5) is 23.7. The summed E-state index contributed by atoms with van der Waals surface area (Å²) in [6.07, 6.45) is 2.72. The van der Waals surface area contributed by atoms with Crippen molar-refractivity contribution in [3.63, 3.8) is 0 Å². The van der Waals surface area contributed by atoms with Crippen LogP contribution in [0.5, 0.6) is 0 Å². The number of benzene rings is 1. The highest BCUT2D eigenvalue weighted by atomic mass is 32.2. The molecule has 29 heavy (non-hydrogen) atoms. The van der Waals surface area contributed by atoms with Crippen LogP contribution in [0.1, 0.15) is 45.1 Å². The maximum atomic E-state index is 13.5. The Bertz CT molecular complexity index is 842. The van der Waals surface area contributed by atoms with Crippen molar-refractivity contribution in [1.82, 2.24) is 14.9 Å². The number of aryl methyl sites for hydroxylation is 1. The molecule has 2 N–H and O–H groups in total. The van der Waals surface area contributed by atoms with Crippen LogP contribution in [0.3, 0.4) is 0 Å². The number of nitrogens with one attached hydrogen (secondary N) is 2. The first-order valence-corrected chi connectivity index (χ1v) is 11.4. The topological polar surface area (TPSA) is 95.6 Å². The molecule has 1 fully saturated rings. The van der Waals surface area contributed by atoms with E-state index in [-0.39, 0.29) is 29.0 Å². The van der Waals surface area contributed by atoms with Gasteiger partial charge in [0.1, 0.15) is 5.82 Å². The molecule has 162 valence electrons. The van der Waals surface area contributed by atoms with Crippen molar-refractivity contribution < 1.29 is 22.4 Å². The summed E-state index contributed by atoms with van der Waals surface area (Å²) in [5, 5.41) is 5.11. The van der Waals surface area contributed by atoms with E-state index in [4.69, 9.17) is 0 Å². The van der Waals surface area contributed by atoms with E-state index in [0.29, 0.717) is 25.9 Å². The van der Waals surface area contributed by atoms with Gasteiger partial charge < -0.3 is 10.6 Å². The van der Waals surface area contributed by atoms with Crippen molar-refractivity contribution in [2.75, 3.05) is 19.6 Å². The number of sulfonamides is 1. The third-order valence-corrected chi connectivity index (χ3v) is 6.90. The standard InChI is InChI=1S/C20H30FN3O4S/c1-14(2)13-23-20(26)19(25)22-10-9-16-6-4-5-11-24(16)29(27,28)17-7-8-18(21)15(3)12-17/h7-8,12,14,16H,4-6,9-11,13H2,1-3H3,(H,22,25)(H,23,26). The molecular weight excluding hydrogens is 397 g/mol. The van der Waals surface area contributed by atoms with Gasteiger partial charge in [-0.1, -0.05) is 20.3 Å². The molecule has 1 aliphatic heterocycles. The summed E-state index contributed by atoms with van der Waals surface area (Å²) in [5.41, 5.74) is 0.277. The largest absolute Gasteiger partial charge is 0.348 e. The molecule has 2 amide bonds. The second-order valence-corrected chi connectivity index (χ2v) is 9.72. The van der Waals surface area contributed by atoms with Crippen molar-refractivity contribution in [1.29, 1.82) is 0 Å². The molecule has 1 aromatic carbocycles. The molecular formula is C20H30FN3O4S. The van der Waals surface area contributed by atoms with Crippen molar-refractivity contribution in [2.24, 2.45) is 5.92 Å². The third kappa shape index (κ3) is 6.24. The molecule has 7 nitrogen and oxygen atoms in total. The molecule has 0 bridgehead atoms. The van der Waals surface area contributed by atoms with Crippen LogP contribution in [-0.2, 0) is 19.6 Å². The second kappa shape index (κ2) is 10.2. The van der Waals surface area contributed by atoms with Gasteiger partial charge in [0.2, 0.25) is 10.0 Å². The molecule has 2 rings (SSSR count). The molecule has 0 saturated carbocycles. The zero-order chi connectivity index (χ0) is 21.6. The first-order valence-electron chi connectivity index (χ1n) is 9.97. The molecule has 0 spiro atoms. The molecule has 0 radical (unpaired) electrons. The number of carbonyl (C=O) groups is 2. The van der Waals surface area contributed by atoms with Crippen LogP contribution >= 0.6 is 0 Å². The smallest absolute Gasteiger partial charge is 0.309 e. The zero-order valence-electron chi connectivity index (χ0n) is 17.2. The van der Waals surface area contributed by atoms with Crippen LogP contribution in [0.2, 0.25) is 0 Å². The van der Waals surface area contributed by atoms with Gasteiger partial charge >= 0.3 is 11.8 Å². The molecule has 0 aliphatic carbocycles. The monoisotopic (exact) mass is 427 g/mol. The number of halogens is 1. The number of amides is 2. The maximum absolute atomic E-state index is 13.5. The van der Waals surface area contributed by atoms with Gasteiger partial charge in [0, 0.05) is 25.7 Å². The number of carbonyl (C=O) groups excluding carboxylic acids is 2. The van der Waals surface area contributed by atoms with Crippen molar-refractivity contribution in [3.05, 3.63) is 29.6 Å². The summed E-state index contributed by atoms with van der Waals surface area (Å²) in [6.45, 7) is 6.39. The lowest BCUT2D eigenvalue weighted by Crippen LogP contribution is -2.46. The molecule has 1 heterocycles. The Labute approximate surface area is 172 Å². The lowest BCUT2D eigenvalue weighted by atomic mass is 10.0. The van der Waals surface area contributed by atoms with Crippen LogP contribution < -0.4 is 10.6 Å². The van der Waals surface area contributed by atoms with Gasteiger partial charge in [-0.25, -0.2) is 12.8 Å². The van der Waals surface area contributed by atoms with Gasteiger partial charge in [0.25, 0.3) is 0 Å². The van der Waals surface area contributed by atoms with Gasteiger partial charge in [-0.3, -0.25) is 9.59 Å². The van der Waals surface area contributed by atoms with E-state index in [1.54, 1.807) is 0 Å². The predicted molar refractivity (Wildman–Crippen MR) is 108 cm³/mol. The van der Waals surface area contributed by atoms with Gasteiger partial charge in [-0.2, -0.15) is 4.31 Å². The summed E-state index contributed by atoms with van der Waals surface area (Å²) in [5.74, 6) is -1.61. The van der Waals surface area contributed by atoms with Crippen LogP contribution in [-0.4, -0.2) is 50.2 Å². The van der Waals surface area contributed by atoms with E-state index in [1.807, 2.05) is 13.8 Å². The Morgan fingerprint density at radius 1 is 1.21 bits per heavy atom. The molecule has 1 aliphatic rings. The lowest BCUT2D eigenvalue weighted by molar-refractivity contribution is -0.139. The Hall–Kier alpha value is -2.00. The van der Waals surface area contributed by atoms with E-state index in [0.717, 1.165) is 18.9 Å². The zero-order valence-corrected chi connectivity index (χ0v) is 18.0. The molecule has 1 atom stereocenters. The summed E-state index contributed by atoms with van der Waals surface area (Å²) in [7, 11) is -3.76. The molecule has 0 aromatic heterocycles. The average Bonchev–Trinajstić information content (AvgIpc) is 2.68. The number of hydrogen-bond acceptors (Lipinski definition) is 4. The van der Waals surface area contributed by atoms with Crippen LogP contribution in [0.4, 0.5) is 4.39 Å². The minimum Gasteiger partial charge on any atom is -0.348 e. The van der Waals surface area contributed by atoms with Crippen LogP contribution in [0.15, 0.2) is 23.1 Å². The summed E-state index contributed by atoms with van der Waals surface area (Å²) in [6, 6.07) is 3.51. The normalized spacial score (nSPS) is 17.9. The van der Waals surface area contributed by atoms with Gasteiger partial charge in [-0.05, 0) is 55.9 Å². The second-order valence-electron chi connectivity index (χ2n) is 7.82. The maximum Gasteiger partial charge on any atom is 0.309 e. The van der Waals surface area contributed by atoms with Gasteiger partial charge in [0.15, 0.2) is 0 Å². The highest BCUT2D eigenvalue weighted by Gasteiger charge is 2.33.